The number of aryl methyl sites for hydroxylation is 1. The van der Waals surface area contributed by atoms with Crippen molar-refractivity contribution in [2.24, 2.45) is 0 Å². The van der Waals surface area contributed by atoms with Gasteiger partial charge in [-0.05, 0) is 6.92 Å². The zero-order chi connectivity index (χ0) is 8.55. The Hall–Kier alpha value is -0.900. The van der Waals surface area contributed by atoms with Crippen LogP contribution < -0.4 is 5.32 Å². The Morgan fingerprint density at radius 1 is 1.58 bits per heavy atom. The molecule has 0 fully saturated rings. The van der Waals surface area contributed by atoms with Crippen LogP contribution in [0.15, 0.2) is 0 Å². The highest BCUT2D eigenvalue weighted by atomic mass is 15.3. The number of nitrogens with one attached hydrogen (secondary N) is 1. The van der Waals surface area contributed by atoms with Gasteiger partial charge in [0.1, 0.15) is 11.6 Å². The summed E-state index contributed by atoms with van der Waals surface area (Å²) in [5.74, 6) is 2.19. The minimum Gasteiger partial charge on any atom is -0.312 e. The van der Waals surface area contributed by atoms with Crippen LogP contribution in [0, 0.1) is 0 Å². The molecule has 4 heteroatoms. The summed E-state index contributed by atoms with van der Waals surface area (Å²) in [6.45, 7) is 6.28. The van der Waals surface area contributed by atoms with Crippen molar-refractivity contribution in [3.05, 3.63) is 11.6 Å². The number of fused-ring (bicyclic) bond motifs is 1. The quantitative estimate of drug-likeness (QED) is 0.660. The maximum atomic E-state index is 4.16. The molecule has 1 N–H and O–H groups in total. The van der Waals surface area contributed by atoms with Gasteiger partial charge in [-0.2, -0.15) is 0 Å². The molecule has 2 rings (SSSR count). The van der Waals surface area contributed by atoms with Gasteiger partial charge in [-0.1, -0.05) is 6.92 Å². The van der Waals surface area contributed by atoms with Crippen molar-refractivity contribution in [1.29, 1.82) is 0 Å². The fourth-order valence-corrected chi connectivity index (χ4v) is 1.66. The van der Waals surface area contributed by atoms with Gasteiger partial charge < -0.3 is 9.88 Å². The van der Waals surface area contributed by atoms with Gasteiger partial charge in [-0.25, -0.2) is 0 Å². The second kappa shape index (κ2) is 2.86. The average Bonchev–Trinajstić information content (AvgIpc) is 2.49. The first-order valence-corrected chi connectivity index (χ1v) is 4.48. The summed E-state index contributed by atoms with van der Waals surface area (Å²) in [5, 5.41) is 11.7. The second-order valence-corrected chi connectivity index (χ2v) is 3.16. The van der Waals surface area contributed by atoms with E-state index in [9.17, 15) is 0 Å². The van der Waals surface area contributed by atoms with Crippen molar-refractivity contribution in [2.45, 2.75) is 32.9 Å². The maximum absolute atomic E-state index is 4.16. The monoisotopic (exact) mass is 166 g/mol. The molecular formula is C8H14N4. The van der Waals surface area contributed by atoms with E-state index in [2.05, 4.69) is 33.9 Å². The Labute approximate surface area is 72.0 Å². The summed E-state index contributed by atoms with van der Waals surface area (Å²) in [5.41, 5.74) is 0. The van der Waals surface area contributed by atoms with Crippen LogP contribution in [0.5, 0.6) is 0 Å². The molecule has 4 nitrogen and oxygen atoms in total. The average molecular weight is 166 g/mol. The smallest absolute Gasteiger partial charge is 0.149 e. The summed E-state index contributed by atoms with van der Waals surface area (Å²) in [6, 6.07) is 0.353. The highest BCUT2D eigenvalue weighted by molar-refractivity contribution is 5.02. The van der Waals surface area contributed by atoms with Gasteiger partial charge in [0.2, 0.25) is 0 Å². The molecule has 1 aromatic rings. The minimum absolute atomic E-state index is 0.353. The topological polar surface area (TPSA) is 42.7 Å². The molecule has 0 saturated heterocycles. The Bertz CT molecular complexity index is 279. The largest absolute Gasteiger partial charge is 0.312 e. The third-order valence-corrected chi connectivity index (χ3v) is 2.35. The Morgan fingerprint density at radius 2 is 2.42 bits per heavy atom. The summed E-state index contributed by atoms with van der Waals surface area (Å²) in [6.07, 6.45) is 0.972. The fourth-order valence-electron chi connectivity index (χ4n) is 1.66. The van der Waals surface area contributed by atoms with Crippen LogP contribution in [0.25, 0.3) is 0 Å². The van der Waals surface area contributed by atoms with E-state index < -0.39 is 0 Å². The van der Waals surface area contributed by atoms with Crippen LogP contribution in [-0.2, 0) is 13.0 Å². The summed E-state index contributed by atoms with van der Waals surface area (Å²) >= 11 is 0. The van der Waals surface area contributed by atoms with E-state index in [1.54, 1.807) is 0 Å². The molecule has 1 aliphatic rings. The van der Waals surface area contributed by atoms with E-state index in [0.29, 0.717) is 6.04 Å². The SMILES string of the molecule is CCc1nnc2n1CCN[C@@H]2C. The minimum atomic E-state index is 0.353. The molecule has 0 aliphatic carbocycles. The number of nitrogens with zero attached hydrogens (tertiary/aromatic N) is 3. The molecule has 0 bridgehead atoms. The first-order valence-electron chi connectivity index (χ1n) is 4.48. The van der Waals surface area contributed by atoms with Crippen LogP contribution in [0.2, 0.25) is 0 Å². The van der Waals surface area contributed by atoms with E-state index in [1.807, 2.05) is 0 Å². The molecular weight excluding hydrogens is 152 g/mol. The maximum Gasteiger partial charge on any atom is 0.149 e. The highest BCUT2D eigenvalue weighted by Crippen LogP contribution is 2.15. The Morgan fingerprint density at radius 3 is 3.17 bits per heavy atom. The van der Waals surface area contributed by atoms with Crippen LogP contribution in [-0.4, -0.2) is 21.3 Å². The van der Waals surface area contributed by atoms with E-state index in [-0.39, 0.29) is 0 Å². The molecule has 0 unspecified atom stereocenters. The lowest BCUT2D eigenvalue weighted by atomic mass is 10.2. The van der Waals surface area contributed by atoms with E-state index in [0.717, 1.165) is 31.2 Å². The predicted molar refractivity (Wildman–Crippen MR) is 45.8 cm³/mol. The summed E-state index contributed by atoms with van der Waals surface area (Å²) in [4.78, 5) is 0. The molecule has 0 spiro atoms. The molecule has 1 aromatic heterocycles. The zero-order valence-electron chi connectivity index (χ0n) is 7.54. The highest BCUT2D eigenvalue weighted by Gasteiger charge is 2.19. The van der Waals surface area contributed by atoms with Crippen LogP contribution in [0.1, 0.15) is 31.5 Å². The van der Waals surface area contributed by atoms with Crippen molar-refractivity contribution in [1.82, 2.24) is 20.1 Å². The van der Waals surface area contributed by atoms with Crippen molar-refractivity contribution >= 4 is 0 Å². The lowest BCUT2D eigenvalue weighted by Crippen LogP contribution is -2.32. The van der Waals surface area contributed by atoms with Gasteiger partial charge in [-0.15, -0.1) is 10.2 Å². The summed E-state index contributed by atoms with van der Waals surface area (Å²) < 4.78 is 2.22. The molecule has 0 amide bonds. The number of aromatic nitrogens is 3. The molecule has 66 valence electrons. The number of hydrogen-bond acceptors (Lipinski definition) is 3. The summed E-state index contributed by atoms with van der Waals surface area (Å²) in [7, 11) is 0. The lowest BCUT2D eigenvalue weighted by molar-refractivity contribution is 0.430. The van der Waals surface area contributed by atoms with Crippen LogP contribution >= 0.6 is 0 Å². The first kappa shape index (κ1) is 7.73. The van der Waals surface area contributed by atoms with Crippen molar-refractivity contribution in [3.8, 4) is 0 Å². The molecule has 2 heterocycles. The van der Waals surface area contributed by atoms with Gasteiger partial charge >= 0.3 is 0 Å². The third-order valence-electron chi connectivity index (χ3n) is 2.35. The van der Waals surface area contributed by atoms with Crippen molar-refractivity contribution in [3.63, 3.8) is 0 Å². The van der Waals surface area contributed by atoms with E-state index in [4.69, 9.17) is 0 Å². The molecule has 1 aliphatic heterocycles. The van der Waals surface area contributed by atoms with E-state index in [1.165, 1.54) is 0 Å². The first-order chi connectivity index (χ1) is 5.83. The normalized spacial score (nSPS) is 22.3. The van der Waals surface area contributed by atoms with E-state index >= 15 is 0 Å². The van der Waals surface area contributed by atoms with Gasteiger partial charge in [0.25, 0.3) is 0 Å². The van der Waals surface area contributed by atoms with Crippen molar-refractivity contribution in [2.75, 3.05) is 6.54 Å². The molecule has 0 aromatic carbocycles. The van der Waals surface area contributed by atoms with Gasteiger partial charge in [0, 0.05) is 19.5 Å². The van der Waals surface area contributed by atoms with Gasteiger partial charge in [0.05, 0.1) is 6.04 Å². The van der Waals surface area contributed by atoms with Crippen molar-refractivity contribution < 1.29 is 0 Å². The molecule has 0 radical (unpaired) electrons. The standard InChI is InChI=1S/C8H14N4/c1-3-7-10-11-8-6(2)9-4-5-12(7)8/h6,9H,3-5H2,1-2H3/t6-/m1/s1. The second-order valence-electron chi connectivity index (χ2n) is 3.16. The molecule has 12 heavy (non-hydrogen) atoms. The molecule has 0 saturated carbocycles. The van der Waals surface area contributed by atoms with Gasteiger partial charge in [-0.3, -0.25) is 0 Å². The van der Waals surface area contributed by atoms with Crippen LogP contribution in [0.3, 0.4) is 0 Å². The third kappa shape index (κ3) is 1.03. The number of rotatable bonds is 1. The van der Waals surface area contributed by atoms with Gasteiger partial charge in [0.15, 0.2) is 0 Å². The molecule has 1 atom stereocenters. The predicted octanol–water partition coefficient (Wildman–Crippen LogP) is 0.505. The number of hydrogen-bond donors (Lipinski definition) is 1. The zero-order valence-corrected chi connectivity index (χ0v) is 7.54. The van der Waals surface area contributed by atoms with Crippen LogP contribution in [0.4, 0.5) is 0 Å². The lowest BCUT2D eigenvalue weighted by Gasteiger charge is -2.21. The fraction of sp³-hybridized carbons (Fsp3) is 0.750. The Kier molecular flexibility index (Phi) is 1.84. The Balaban J connectivity index is 2.41.